The maximum absolute atomic E-state index is 13.4. The van der Waals surface area contributed by atoms with Gasteiger partial charge in [-0.1, -0.05) is 11.6 Å². The molecule has 5 aromatic carbocycles. The molecular weight excluding hydrogens is 446 g/mol. The molecule has 176 valence electrons. The van der Waals surface area contributed by atoms with Gasteiger partial charge >= 0.3 is 0 Å². The minimum Gasteiger partial charge on any atom is -0.504 e. The summed E-state index contributed by atoms with van der Waals surface area (Å²) in [5.41, 5.74) is 9.78. The second-order valence-electron chi connectivity index (χ2n) is 9.13. The van der Waals surface area contributed by atoms with Crippen molar-refractivity contribution in [1.82, 2.24) is 0 Å². The molecule has 7 nitrogen and oxygen atoms in total. The van der Waals surface area contributed by atoms with E-state index < -0.39 is 0 Å². The van der Waals surface area contributed by atoms with E-state index in [1.165, 1.54) is 33.5 Å². The third-order valence-electron chi connectivity index (χ3n) is 7.37. The van der Waals surface area contributed by atoms with Gasteiger partial charge in [-0.15, -0.1) is 0 Å². The Labute approximate surface area is 199 Å². The fourth-order valence-electron chi connectivity index (χ4n) is 5.95. The van der Waals surface area contributed by atoms with Gasteiger partial charge in [0, 0.05) is 44.9 Å². The molecule has 1 aliphatic rings. The van der Waals surface area contributed by atoms with Gasteiger partial charge in [-0.25, -0.2) is 0 Å². The van der Waals surface area contributed by atoms with E-state index in [4.69, 9.17) is 19.9 Å². The number of allylic oxidation sites excluding steroid dienone is 1. The number of hydrogen-bond donors (Lipinski definition) is 2. The van der Waals surface area contributed by atoms with E-state index in [9.17, 15) is 14.7 Å². The van der Waals surface area contributed by atoms with Crippen LogP contribution in [0.2, 0.25) is 0 Å². The Morgan fingerprint density at radius 2 is 1.34 bits per heavy atom. The van der Waals surface area contributed by atoms with E-state index in [2.05, 4.69) is 6.08 Å². The summed E-state index contributed by atoms with van der Waals surface area (Å²) < 4.78 is 17.1. The fourth-order valence-corrected chi connectivity index (χ4v) is 5.95. The summed E-state index contributed by atoms with van der Waals surface area (Å²) in [4.78, 5) is 26.7. The van der Waals surface area contributed by atoms with Gasteiger partial charge in [0.2, 0.25) is 0 Å². The fraction of sp³-hybridized carbons (Fsp3) is 0.214. The van der Waals surface area contributed by atoms with Crippen LogP contribution in [0, 0.1) is 6.92 Å². The van der Waals surface area contributed by atoms with Crippen molar-refractivity contribution in [3.63, 3.8) is 0 Å². The predicted octanol–water partition coefficient (Wildman–Crippen LogP) is 4.48. The van der Waals surface area contributed by atoms with Crippen LogP contribution in [0.1, 0.15) is 23.6 Å². The van der Waals surface area contributed by atoms with Gasteiger partial charge < -0.3 is 25.1 Å². The largest absolute Gasteiger partial charge is 0.504 e. The van der Waals surface area contributed by atoms with Crippen molar-refractivity contribution in [2.24, 2.45) is 0 Å². The summed E-state index contributed by atoms with van der Waals surface area (Å²) in [5, 5.41) is 15.8. The van der Waals surface area contributed by atoms with Crippen molar-refractivity contribution in [1.29, 1.82) is 0 Å². The molecule has 0 bridgehead atoms. The molecule has 1 aliphatic carbocycles. The Morgan fingerprint density at radius 3 is 1.91 bits per heavy atom. The molecule has 0 atom stereocenters. The zero-order valence-electron chi connectivity index (χ0n) is 20.0. The normalized spacial score (nSPS) is 13.2. The van der Waals surface area contributed by atoms with Crippen LogP contribution in [-0.2, 0) is 6.42 Å². The van der Waals surface area contributed by atoms with Gasteiger partial charge in [-0.2, -0.15) is 0 Å². The third kappa shape index (κ3) is 2.40. The molecule has 0 aromatic heterocycles. The van der Waals surface area contributed by atoms with Crippen LogP contribution in [0.25, 0.3) is 49.2 Å². The number of ether oxygens (including phenoxy) is 3. The molecule has 0 saturated heterocycles. The summed E-state index contributed by atoms with van der Waals surface area (Å²) in [6, 6.07) is 2.77. The maximum atomic E-state index is 13.4. The highest BCUT2D eigenvalue weighted by Gasteiger charge is 2.31. The first-order chi connectivity index (χ1) is 16.7. The molecule has 0 saturated carbocycles. The monoisotopic (exact) mass is 469 g/mol. The SMILES string of the molecule is COc1c(O)c2c(=O)cc(OC)c3c4c(OC)cc(=O)c5c(N)c(C)c6c(c(c1CC(C)=C6)c23)c54. The van der Waals surface area contributed by atoms with Crippen molar-refractivity contribution in [2.75, 3.05) is 27.1 Å². The second-order valence-corrected chi connectivity index (χ2v) is 9.13. The molecule has 7 heteroatoms. The molecular formula is C28H23NO6. The smallest absolute Gasteiger partial charge is 0.194 e. The number of methoxy groups -OCH3 is 3. The Bertz CT molecular complexity index is 1900. The Balaban J connectivity index is 2.20. The van der Waals surface area contributed by atoms with E-state index in [0.29, 0.717) is 50.5 Å². The van der Waals surface area contributed by atoms with Gasteiger partial charge in [0.15, 0.2) is 22.4 Å². The number of rotatable bonds is 3. The van der Waals surface area contributed by atoms with E-state index in [1.807, 2.05) is 13.8 Å². The van der Waals surface area contributed by atoms with Crippen LogP contribution >= 0.6 is 0 Å². The standard InChI is InChI=1S/C28H23NO6/c1-10-6-12-11(2)26(29)20-14(30)8-16(33-3)22-23-17(34-4)9-15(31)21-25(23)19(18(12)24(20)22)13(7-10)28(35-5)27(21)32/h6,8-9,32H,7,29H2,1-5H3. The molecule has 35 heavy (non-hydrogen) atoms. The Morgan fingerprint density at radius 1 is 0.771 bits per heavy atom. The highest BCUT2D eigenvalue weighted by Crippen LogP contribution is 2.54. The number of fused-ring (bicyclic) bond motifs is 1. The summed E-state index contributed by atoms with van der Waals surface area (Å²) >= 11 is 0. The number of aromatic hydroxyl groups is 1. The van der Waals surface area contributed by atoms with Gasteiger partial charge in [0.05, 0.1) is 32.1 Å². The minimum absolute atomic E-state index is 0.142. The lowest BCUT2D eigenvalue weighted by molar-refractivity contribution is 0.373. The van der Waals surface area contributed by atoms with Crippen LogP contribution in [0.15, 0.2) is 27.3 Å². The molecule has 3 N–H and O–H groups in total. The van der Waals surface area contributed by atoms with Crippen molar-refractivity contribution in [3.05, 3.63) is 54.8 Å². The van der Waals surface area contributed by atoms with Crippen LogP contribution in [0.4, 0.5) is 5.69 Å². The summed E-state index contributed by atoms with van der Waals surface area (Å²) in [6.45, 7) is 3.89. The zero-order chi connectivity index (χ0) is 24.9. The predicted molar refractivity (Wildman–Crippen MR) is 139 cm³/mol. The van der Waals surface area contributed by atoms with Crippen LogP contribution < -0.4 is 30.8 Å². The van der Waals surface area contributed by atoms with Gasteiger partial charge in [-0.3, -0.25) is 9.59 Å². The van der Waals surface area contributed by atoms with E-state index in [0.717, 1.165) is 33.0 Å². The number of nitrogens with two attached hydrogens (primary N) is 1. The van der Waals surface area contributed by atoms with Crippen LogP contribution in [-0.4, -0.2) is 26.4 Å². The second kappa shape index (κ2) is 6.88. The molecule has 0 aliphatic heterocycles. The first-order valence-electron chi connectivity index (χ1n) is 11.2. The summed E-state index contributed by atoms with van der Waals surface area (Å²) in [5.74, 6) is 0.710. The Kier molecular flexibility index (Phi) is 4.19. The Hall–Kier alpha value is -4.26. The van der Waals surface area contributed by atoms with E-state index in [1.54, 1.807) is 0 Å². The summed E-state index contributed by atoms with van der Waals surface area (Å²) in [7, 11) is 4.46. The van der Waals surface area contributed by atoms with Crippen LogP contribution in [0.3, 0.4) is 0 Å². The van der Waals surface area contributed by atoms with Crippen molar-refractivity contribution in [2.45, 2.75) is 20.3 Å². The van der Waals surface area contributed by atoms with Gasteiger partial charge in [0.1, 0.15) is 11.5 Å². The third-order valence-corrected chi connectivity index (χ3v) is 7.37. The average molecular weight is 469 g/mol. The highest BCUT2D eigenvalue weighted by molar-refractivity contribution is 6.39. The van der Waals surface area contributed by atoms with Crippen molar-refractivity contribution < 1.29 is 19.3 Å². The number of nitrogen functional groups attached to an aromatic ring is 1. The molecule has 0 radical (unpaired) electrons. The lowest BCUT2D eigenvalue weighted by Crippen LogP contribution is -2.11. The summed E-state index contributed by atoms with van der Waals surface area (Å²) in [6.07, 6.45) is 2.53. The number of anilines is 1. The highest BCUT2D eigenvalue weighted by atomic mass is 16.5. The van der Waals surface area contributed by atoms with Gasteiger partial charge in [0.25, 0.3) is 0 Å². The van der Waals surface area contributed by atoms with Crippen molar-refractivity contribution >= 4 is 54.9 Å². The van der Waals surface area contributed by atoms with Crippen LogP contribution in [0.5, 0.6) is 23.0 Å². The van der Waals surface area contributed by atoms with Gasteiger partial charge in [-0.05, 0) is 42.2 Å². The van der Waals surface area contributed by atoms with E-state index in [-0.39, 0.29) is 27.7 Å². The number of benzene rings is 5. The minimum atomic E-state index is -0.388. The molecule has 0 fully saturated rings. The lowest BCUT2D eigenvalue weighted by atomic mass is 9.82. The lowest BCUT2D eigenvalue weighted by Gasteiger charge is -2.23. The molecule has 0 amide bonds. The average Bonchev–Trinajstić information content (AvgIpc) is 2.98. The zero-order valence-corrected chi connectivity index (χ0v) is 20.0. The maximum Gasteiger partial charge on any atom is 0.194 e. The van der Waals surface area contributed by atoms with Crippen molar-refractivity contribution in [3.8, 4) is 23.0 Å². The first kappa shape index (κ1) is 21.3. The molecule has 0 spiro atoms. The topological polar surface area (TPSA) is 108 Å². The molecule has 0 unspecified atom stereocenters. The number of phenols is 1. The first-order valence-corrected chi connectivity index (χ1v) is 11.2. The molecule has 0 heterocycles. The quantitative estimate of drug-likeness (QED) is 0.228. The number of phenolic OH excluding ortho intramolecular Hbond substituents is 1. The molecule has 6 rings (SSSR count). The van der Waals surface area contributed by atoms with E-state index >= 15 is 0 Å². The molecule has 5 aromatic rings. The number of hydrogen-bond acceptors (Lipinski definition) is 7.